The van der Waals surface area contributed by atoms with Crippen molar-refractivity contribution in [2.75, 3.05) is 13.1 Å². The maximum Gasteiger partial charge on any atom is 0.151 e. The normalized spacial score (nSPS) is 21.5. The zero-order chi connectivity index (χ0) is 11.4. The van der Waals surface area contributed by atoms with E-state index in [4.69, 9.17) is 11.6 Å². The molecular formula is C12H18ClN3. The Hall–Kier alpha value is -0.670. The summed E-state index contributed by atoms with van der Waals surface area (Å²) in [5, 5.41) is 8.43. The summed E-state index contributed by atoms with van der Waals surface area (Å²) >= 11 is 5.70. The molecule has 16 heavy (non-hydrogen) atoms. The van der Waals surface area contributed by atoms with Gasteiger partial charge in [-0.2, -0.15) is 5.10 Å². The van der Waals surface area contributed by atoms with Crippen molar-refractivity contribution >= 4 is 11.6 Å². The van der Waals surface area contributed by atoms with Crippen LogP contribution in [0.1, 0.15) is 31.9 Å². The van der Waals surface area contributed by atoms with Gasteiger partial charge in [-0.25, -0.2) is 0 Å². The molecule has 0 radical (unpaired) electrons. The fourth-order valence-electron chi connectivity index (χ4n) is 2.43. The van der Waals surface area contributed by atoms with Crippen LogP contribution in [0.3, 0.4) is 0 Å². The van der Waals surface area contributed by atoms with Crippen molar-refractivity contribution in [2.24, 2.45) is 0 Å². The van der Waals surface area contributed by atoms with Crippen LogP contribution < -0.4 is 0 Å². The first-order valence-corrected chi connectivity index (χ1v) is 6.39. The fourth-order valence-corrected chi connectivity index (χ4v) is 2.53. The molecule has 4 heteroatoms. The SMILES string of the molecule is CCN1CCC[C@H]1CCc1ccc(Cl)nn1. The molecule has 0 aromatic carbocycles. The predicted molar refractivity (Wildman–Crippen MR) is 65.6 cm³/mol. The van der Waals surface area contributed by atoms with Gasteiger partial charge in [-0.1, -0.05) is 18.5 Å². The highest BCUT2D eigenvalue weighted by Gasteiger charge is 2.22. The van der Waals surface area contributed by atoms with Crippen molar-refractivity contribution in [3.8, 4) is 0 Å². The van der Waals surface area contributed by atoms with E-state index in [1.165, 1.54) is 25.8 Å². The molecule has 1 aliphatic rings. The molecule has 2 rings (SSSR count). The van der Waals surface area contributed by atoms with E-state index >= 15 is 0 Å². The highest BCUT2D eigenvalue weighted by Crippen LogP contribution is 2.20. The van der Waals surface area contributed by atoms with Gasteiger partial charge in [0, 0.05) is 6.04 Å². The van der Waals surface area contributed by atoms with E-state index in [2.05, 4.69) is 22.0 Å². The Morgan fingerprint density at radius 2 is 2.31 bits per heavy atom. The fraction of sp³-hybridized carbons (Fsp3) is 0.667. The number of aryl methyl sites for hydroxylation is 1. The lowest BCUT2D eigenvalue weighted by Crippen LogP contribution is -2.29. The average Bonchev–Trinajstić information content (AvgIpc) is 2.76. The van der Waals surface area contributed by atoms with E-state index in [1.807, 2.05) is 12.1 Å². The molecule has 1 fully saturated rings. The van der Waals surface area contributed by atoms with Crippen molar-refractivity contribution in [1.82, 2.24) is 15.1 Å². The van der Waals surface area contributed by atoms with Crippen molar-refractivity contribution < 1.29 is 0 Å². The Morgan fingerprint density at radius 1 is 1.44 bits per heavy atom. The van der Waals surface area contributed by atoms with Crippen LogP contribution in [0.15, 0.2) is 12.1 Å². The third-order valence-electron chi connectivity index (χ3n) is 3.33. The smallest absolute Gasteiger partial charge is 0.151 e. The van der Waals surface area contributed by atoms with Gasteiger partial charge in [0.05, 0.1) is 5.69 Å². The van der Waals surface area contributed by atoms with E-state index in [0.717, 1.165) is 24.7 Å². The van der Waals surface area contributed by atoms with Crippen molar-refractivity contribution in [2.45, 2.75) is 38.6 Å². The standard InChI is InChI=1S/C12H18ClN3/c1-2-16-9-3-4-11(16)7-5-10-6-8-12(13)15-14-10/h6,8,11H,2-5,7,9H2,1H3/t11-/m0/s1. The molecular weight excluding hydrogens is 222 g/mol. The van der Waals surface area contributed by atoms with Gasteiger partial charge < -0.3 is 4.90 Å². The minimum absolute atomic E-state index is 0.472. The molecule has 0 aliphatic carbocycles. The van der Waals surface area contributed by atoms with Gasteiger partial charge in [0.25, 0.3) is 0 Å². The molecule has 1 aromatic rings. The third kappa shape index (κ3) is 2.92. The van der Waals surface area contributed by atoms with Crippen molar-refractivity contribution in [1.29, 1.82) is 0 Å². The maximum atomic E-state index is 5.70. The average molecular weight is 240 g/mol. The topological polar surface area (TPSA) is 29.0 Å². The van der Waals surface area contributed by atoms with Crippen LogP contribution >= 0.6 is 11.6 Å². The van der Waals surface area contributed by atoms with Crippen LogP contribution in [0, 0.1) is 0 Å². The highest BCUT2D eigenvalue weighted by molar-refractivity contribution is 6.29. The van der Waals surface area contributed by atoms with E-state index in [9.17, 15) is 0 Å². The number of hydrogen-bond acceptors (Lipinski definition) is 3. The summed E-state index contributed by atoms with van der Waals surface area (Å²) in [5.41, 5.74) is 1.05. The monoisotopic (exact) mass is 239 g/mol. The predicted octanol–water partition coefficient (Wildman–Crippen LogP) is 2.55. The molecule has 0 N–H and O–H groups in total. The van der Waals surface area contributed by atoms with Gasteiger partial charge in [0.2, 0.25) is 0 Å². The lowest BCUT2D eigenvalue weighted by molar-refractivity contribution is 0.255. The number of aromatic nitrogens is 2. The lowest BCUT2D eigenvalue weighted by Gasteiger charge is -2.22. The zero-order valence-corrected chi connectivity index (χ0v) is 10.5. The molecule has 0 unspecified atom stereocenters. The Balaban J connectivity index is 1.85. The number of likely N-dealkylation sites (tertiary alicyclic amines) is 1. The van der Waals surface area contributed by atoms with Crippen LogP contribution in [-0.4, -0.2) is 34.2 Å². The van der Waals surface area contributed by atoms with Gasteiger partial charge >= 0.3 is 0 Å². The Bertz CT molecular complexity index is 326. The lowest BCUT2D eigenvalue weighted by atomic mass is 10.1. The second kappa shape index (κ2) is 5.60. The molecule has 1 saturated heterocycles. The molecule has 88 valence electrons. The van der Waals surface area contributed by atoms with Gasteiger partial charge in [0.15, 0.2) is 5.15 Å². The summed E-state index contributed by atoms with van der Waals surface area (Å²) in [6.07, 6.45) is 4.86. The second-order valence-electron chi connectivity index (χ2n) is 4.31. The number of nitrogens with zero attached hydrogens (tertiary/aromatic N) is 3. The summed E-state index contributed by atoms with van der Waals surface area (Å²) in [6, 6.07) is 4.53. The van der Waals surface area contributed by atoms with Crippen molar-refractivity contribution in [3.63, 3.8) is 0 Å². The van der Waals surface area contributed by atoms with Crippen molar-refractivity contribution in [3.05, 3.63) is 23.0 Å². The Labute approximate surface area is 102 Å². The minimum atomic E-state index is 0.472. The van der Waals surface area contributed by atoms with E-state index < -0.39 is 0 Å². The molecule has 0 bridgehead atoms. The molecule has 0 saturated carbocycles. The molecule has 2 heterocycles. The van der Waals surface area contributed by atoms with Crippen LogP contribution in [0.25, 0.3) is 0 Å². The molecule has 0 spiro atoms. The van der Waals surface area contributed by atoms with Gasteiger partial charge in [-0.3, -0.25) is 0 Å². The minimum Gasteiger partial charge on any atom is -0.301 e. The zero-order valence-electron chi connectivity index (χ0n) is 9.69. The first kappa shape index (κ1) is 11.8. The van der Waals surface area contributed by atoms with E-state index in [-0.39, 0.29) is 0 Å². The Kier molecular flexibility index (Phi) is 4.13. The van der Waals surface area contributed by atoms with Crippen LogP contribution in [0.4, 0.5) is 0 Å². The summed E-state index contributed by atoms with van der Waals surface area (Å²) in [4.78, 5) is 2.56. The highest BCUT2D eigenvalue weighted by atomic mass is 35.5. The van der Waals surface area contributed by atoms with Gasteiger partial charge in [0.1, 0.15) is 0 Å². The number of hydrogen-bond donors (Lipinski definition) is 0. The van der Waals surface area contributed by atoms with Crippen LogP contribution in [0.2, 0.25) is 5.15 Å². The summed E-state index contributed by atoms with van der Waals surface area (Å²) in [6.45, 7) is 4.66. The first-order chi connectivity index (χ1) is 7.79. The second-order valence-corrected chi connectivity index (χ2v) is 4.70. The summed E-state index contributed by atoms with van der Waals surface area (Å²) < 4.78 is 0. The molecule has 0 amide bonds. The van der Waals surface area contributed by atoms with Gasteiger partial charge in [-0.15, -0.1) is 5.10 Å². The van der Waals surface area contributed by atoms with Crippen LogP contribution in [0.5, 0.6) is 0 Å². The number of rotatable bonds is 4. The summed E-state index contributed by atoms with van der Waals surface area (Å²) in [7, 11) is 0. The molecule has 1 aromatic heterocycles. The third-order valence-corrected chi connectivity index (χ3v) is 3.53. The first-order valence-electron chi connectivity index (χ1n) is 6.01. The quantitative estimate of drug-likeness (QED) is 0.809. The van der Waals surface area contributed by atoms with E-state index in [0.29, 0.717) is 5.15 Å². The van der Waals surface area contributed by atoms with E-state index in [1.54, 1.807) is 0 Å². The Morgan fingerprint density at radius 3 is 3.00 bits per heavy atom. The molecule has 1 aliphatic heterocycles. The molecule has 3 nitrogen and oxygen atoms in total. The summed E-state index contributed by atoms with van der Waals surface area (Å²) in [5.74, 6) is 0. The molecule has 1 atom stereocenters. The number of halogens is 1. The van der Waals surface area contributed by atoms with Gasteiger partial charge in [-0.05, 0) is 50.9 Å². The maximum absolute atomic E-state index is 5.70. The van der Waals surface area contributed by atoms with Crippen LogP contribution in [-0.2, 0) is 6.42 Å². The largest absolute Gasteiger partial charge is 0.301 e.